The lowest BCUT2D eigenvalue weighted by molar-refractivity contribution is -0.120. The summed E-state index contributed by atoms with van der Waals surface area (Å²) in [5.41, 5.74) is 1.01. The molecule has 1 amide bonds. The number of carbonyl (C=O) groups excluding carboxylic acids is 1. The van der Waals surface area contributed by atoms with E-state index in [2.05, 4.69) is 10.6 Å². The summed E-state index contributed by atoms with van der Waals surface area (Å²) in [5.74, 6) is 1.47. The average Bonchev–Trinajstić information content (AvgIpc) is 2.42. The van der Waals surface area contributed by atoms with Gasteiger partial charge in [0.25, 0.3) is 0 Å². The van der Waals surface area contributed by atoms with Crippen LogP contribution in [0.3, 0.4) is 0 Å². The third-order valence-electron chi connectivity index (χ3n) is 2.61. The van der Waals surface area contributed by atoms with E-state index in [0.717, 1.165) is 11.3 Å². The predicted molar refractivity (Wildman–Crippen MR) is 69.9 cm³/mol. The van der Waals surface area contributed by atoms with Crippen LogP contribution in [-0.4, -0.2) is 33.7 Å². The van der Waals surface area contributed by atoms with Crippen LogP contribution in [0.5, 0.6) is 11.5 Å². The van der Waals surface area contributed by atoms with Crippen LogP contribution in [0.15, 0.2) is 18.2 Å². The van der Waals surface area contributed by atoms with Gasteiger partial charge >= 0.3 is 0 Å². The Hall–Kier alpha value is -1.75. The second kappa shape index (κ2) is 7.55. The summed E-state index contributed by atoms with van der Waals surface area (Å²) in [6.07, 6.45) is 0.461. The fourth-order valence-corrected chi connectivity index (χ4v) is 1.64. The SMILES string of the molecule is CNC(=O)CCNCc1cccc(OC)c1OC. The standard InChI is InChI=1S/C13H20N2O3/c1-14-12(16)7-8-15-9-10-5-4-6-11(17-2)13(10)18-3/h4-6,15H,7-9H2,1-3H3,(H,14,16). The Morgan fingerprint density at radius 2 is 2.06 bits per heavy atom. The van der Waals surface area contributed by atoms with E-state index in [0.29, 0.717) is 25.3 Å². The third-order valence-corrected chi connectivity index (χ3v) is 2.61. The van der Waals surface area contributed by atoms with Crippen molar-refractivity contribution in [2.24, 2.45) is 0 Å². The molecule has 0 fully saturated rings. The second-order valence-electron chi connectivity index (χ2n) is 3.75. The van der Waals surface area contributed by atoms with Crippen molar-refractivity contribution in [1.29, 1.82) is 0 Å². The molecular formula is C13H20N2O3. The van der Waals surface area contributed by atoms with E-state index in [9.17, 15) is 4.79 Å². The lowest BCUT2D eigenvalue weighted by Gasteiger charge is -2.12. The number of hydrogen-bond donors (Lipinski definition) is 2. The van der Waals surface area contributed by atoms with Gasteiger partial charge in [0.05, 0.1) is 14.2 Å². The highest BCUT2D eigenvalue weighted by molar-refractivity contribution is 5.75. The topological polar surface area (TPSA) is 59.6 Å². The van der Waals surface area contributed by atoms with Crippen molar-refractivity contribution in [2.75, 3.05) is 27.8 Å². The Morgan fingerprint density at radius 1 is 1.28 bits per heavy atom. The lowest BCUT2D eigenvalue weighted by atomic mass is 10.2. The molecule has 1 aromatic carbocycles. The van der Waals surface area contributed by atoms with Crippen LogP contribution in [0, 0.1) is 0 Å². The maximum Gasteiger partial charge on any atom is 0.221 e. The summed E-state index contributed by atoms with van der Waals surface area (Å²) in [7, 11) is 4.86. The fraction of sp³-hybridized carbons (Fsp3) is 0.462. The van der Waals surface area contributed by atoms with Crippen molar-refractivity contribution < 1.29 is 14.3 Å². The number of hydrogen-bond acceptors (Lipinski definition) is 4. The van der Waals surface area contributed by atoms with Crippen LogP contribution in [0.1, 0.15) is 12.0 Å². The number of para-hydroxylation sites is 1. The number of benzene rings is 1. The van der Waals surface area contributed by atoms with Crippen molar-refractivity contribution >= 4 is 5.91 Å². The van der Waals surface area contributed by atoms with Gasteiger partial charge in [-0.2, -0.15) is 0 Å². The molecule has 0 heterocycles. The molecule has 0 saturated carbocycles. The highest BCUT2D eigenvalue weighted by Crippen LogP contribution is 2.30. The molecule has 0 saturated heterocycles. The third kappa shape index (κ3) is 3.92. The molecular weight excluding hydrogens is 232 g/mol. The smallest absolute Gasteiger partial charge is 0.221 e. The molecule has 1 rings (SSSR count). The molecule has 0 aliphatic heterocycles. The van der Waals surface area contributed by atoms with Crippen molar-refractivity contribution in [3.63, 3.8) is 0 Å². The van der Waals surface area contributed by atoms with Crippen LogP contribution >= 0.6 is 0 Å². The van der Waals surface area contributed by atoms with Gasteiger partial charge in [-0.05, 0) is 6.07 Å². The molecule has 2 N–H and O–H groups in total. The predicted octanol–water partition coefficient (Wildman–Crippen LogP) is 0.929. The average molecular weight is 252 g/mol. The van der Waals surface area contributed by atoms with E-state index in [1.807, 2.05) is 18.2 Å². The molecule has 0 unspecified atom stereocenters. The van der Waals surface area contributed by atoms with Gasteiger partial charge in [0.15, 0.2) is 11.5 Å². The van der Waals surface area contributed by atoms with Crippen molar-refractivity contribution in [1.82, 2.24) is 10.6 Å². The van der Waals surface area contributed by atoms with Gasteiger partial charge in [-0.25, -0.2) is 0 Å². The van der Waals surface area contributed by atoms with E-state index in [1.165, 1.54) is 0 Å². The van der Waals surface area contributed by atoms with Crippen molar-refractivity contribution in [3.8, 4) is 11.5 Å². The molecule has 0 aliphatic carbocycles. The van der Waals surface area contributed by atoms with Gasteiger partial charge in [0.2, 0.25) is 5.91 Å². The number of rotatable bonds is 7. The number of ether oxygens (including phenoxy) is 2. The molecule has 5 nitrogen and oxygen atoms in total. The first kappa shape index (κ1) is 14.3. The minimum atomic E-state index is 0.0279. The summed E-state index contributed by atoms with van der Waals surface area (Å²) < 4.78 is 10.5. The molecule has 0 aliphatic rings. The first-order chi connectivity index (χ1) is 8.72. The largest absolute Gasteiger partial charge is 0.493 e. The van der Waals surface area contributed by atoms with Gasteiger partial charge in [0, 0.05) is 32.1 Å². The van der Waals surface area contributed by atoms with E-state index >= 15 is 0 Å². The molecule has 0 atom stereocenters. The van der Waals surface area contributed by atoms with Crippen LogP contribution in [0.2, 0.25) is 0 Å². The fourth-order valence-electron chi connectivity index (χ4n) is 1.64. The quantitative estimate of drug-likeness (QED) is 0.709. The normalized spacial score (nSPS) is 9.94. The molecule has 0 aromatic heterocycles. The van der Waals surface area contributed by atoms with Crippen LogP contribution in [-0.2, 0) is 11.3 Å². The van der Waals surface area contributed by atoms with E-state index < -0.39 is 0 Å². The maximum absolute atomic E-state index is 11.1. The van der Waals surface area contributed by atoms with Crippen molar-refractivity contribution in [2.45, 2.75) is 13.0 Å². The Bertz CT molecular complexity index is 394. The van der Waals surface area contributed by atoms with Gasteiger partial charge in [-0.1, -0.05) is 12.1 Å². The van der Waals surface area contributed by atoms with Crippen LogP contribution in [0.25, 0.3) is 0 Å². The molecule has 0 bridgehead atoms. The molecule has 1 aromatic rings. The summed E-state index contributed by atoms with van der Waals surface area (Å²) in [6, 6.07) is 5.73. The number of nitrogens with one attached hydrogen (secondary N) is 2. The molecule has 5 heteroatoms. The zero-order valence-electron chi connectivity index (χ0n) is 11.1. The van der Waals surface area contributed by atoms with E-state index in [1.54, 1.807) is 21.3 Å². The summed E-state index contributed by atoms with van der Waals surface area (Å²) in [6.45, 7) is 1.26. The Balaban J connectivity index is 2.54. The van der Waals surface area contributed by atoms with Gasteiger partial charge in [-0.3, -0.25) is 4.79 Å². The Morgan fingerprint density at radius 3 is 2.67 bits per heavy atom. The minimum absolute atomic E-state index is 0.0279. The second-order valence-corrected chi connectivity index (χ2v) is 3.75. The van der Waals surface area contributed by atoms with Gasteiger partial charge < -0.3 is 20.1 Å². The number of carbonyl (C=O) groups is 1. The van der Waals surface area contributed by atoms with E-state index in [4.69, 9.17) is 9.47 Å². The zero-order valence-corrected chi connectivity index (χ0v) is 11.1. The Kier molecular flexibility index (Phi) is 6.00. The highest BCUT2D eigenvalue weighted by atomic mass is 16.5. The summed E-state index contributed by atoms with van der Waals surface area (Å²) >= 11 is 0. The Labute approximate surface area is 107 Å². The van der Waals surface area contributed by atoms with Crippen LogP contribution in [0.4, 0.5) is 0 Å². The highest BCUT2D eigenvalue weighted by Gasteiger charge is 2.08. The number of methoxy groups -OCH3 is 2. The first-order valence-electron chi connectivity index (χ1n) is 5.84. The summed E-state index contributed by atoms with van der Waals surface area (Å²) in [5, 5.41) is 5.78. The van der Waals surface area contributed by atoms with Gasteiger partial charge in [0.1, 0.15) is 0 Å². The van der Waals surface area contributed by atoms with Crippen LogP contribution < -0.4 is 20.1 Å². The van der Waals surface area contributed by atoms with Gasteiger partial charge in [-0.15, -0.1) is 0 Å². The molecule has 18 heavy (non-hydrogen) atoms. The monoisotopic (exact) mass is 252 g/mol. The number of amides is 1. The van der Waals surface area contributed by atoms with E-state index in [-0.39, 0.29) is 5.91 Å². The summed E-state index contributed by atoms with van der Waals surface area (Å²) in [4.78, 5) is 11.1. The zero-order chi connectivity index (χ0) is 13.4. The van der Waals surface area contributed by atoms with Crippen molar-refractivity contribution in [3.05, 3.63) is 23.8 Å². The molecule has 0 radical (unpaired) electrons. The molecule has 100 valence electrons. The lowest BCUT2D eigenvalue weighted by Crippen LogP contribution is -2.24. The molecule has 0 spiro atoms. The minimum Gasteiger partial charge on any atom is -0.493 e. The first-order valence-corrected chi connectivity index (χ1v) is 5.84. The maximum atomic E-state index is 11.1.